The number of thioether (sulfide) groups is 1. The van der Waals surface area contributed by atoms with Crippen molar-refractivity contribution in [3.05, 3.63) is 83.4 Å². The summed E-state index contributed by atoms with van der Waals surface area (Å²) in [4.78, 5) is 29.4. The zero-order valence-electron chi connectivity index (χ0n) is 23.8. The molecule has 0 aliphatic heterocycles. The minimum Gasteiger partial charge on any atom is -0.492 e. The van der Waals surface area contributed by atoms with Gasteiger partial charge in [0.2, 0.25) is 11.8 Å². The fourth-order valence-electron chi connectivity index (χ4n) is 4.13. The summed E-state index contributed by atoms with van der Waals surface area (Å²) in [7, 11) is -4.22. The fraction of sp³-hybridized carbons (Fsp3) is 0.333. The van der Waals surface area contributed by atoms with Gasteiger partial charge in [-0.1, -0.05) is 41.9 Å². The highest BCUT2D eigenvalue weighted by atomic mass is 35.5. The molecule has 0 aliphatic rings. The number of ether oxygens (including phenoxy) is 1. The van der Waals surface area contributed by atoms with Gasteiger partial charge in [-0.3, -0.25) is 13.9 Å². The zero-order valence-corrected chi connectivity index (χ0v) is 26.2. The van der Waals surface area contributed by atoms with Crippen LogP contribution >= 0.6 is 23.4 Å². The average molecular weight is 618 g/mol. The third-order valence-electron chi connectivity index (χ3n) is 6.26. The van der Waals surface area contributed by atoms with E-state index in [4.69, 9.17) is 16.3 Å². The molecule has 0 saturated heterocycles. The normalized spacial score (nSPS) is 12.1. The van der Waals surface area contributed by atoms with E-state index in [2.05, 4.69) is 5.32 Å². The molecule has 3 aromatic carbocycles. The zero-order chi connectivity index (χ0) is 30.2. The molecule has 41 heavy (non-hydrogen) atoms. The predicted octanol–water partition coefficient (Wildman–Crippen LogP) is 5.60. The van der Waals surface area contributed by atoms with Crippen LogP contribution in [0.1, 0.15) is 33.3 Å². The van der Waals surface area contributed by atoms with Gasteiger partial charge in [0.15, 0.2) is 0 Å². The van der Waals surface area contributed by atoms with Crippen LogP contribution in [0.4, 0.5) is 5.69 Å². The summed E-state index contributed by atoms with van der Waals surface area (Å²) < 4.78 is 35.0. The molecule has 1 N–H and O–H groups in total. The highest BCUT2D eigenvalue weighted by Crippen LogP contribution is 2.33. The van der Waals surface area contributed by atoms with Crippen molar-refractivity contribution in [3.8, 4) is 5.75 Å². The molecule has 0 aliphatic carbocycles. The topological polar surface area (TPSA) is 96.0 Å². The average Bonchev–Trinajstić information content (AvgIpc) is 2.95. The van der Waals surface area contributed by atoms with Crippen molar-refractivity contribution >= 4 is 50.9 Å². The predicted molar refractivity (Wildman–Crippen MR) is 165 cm³/mol. The van der Waals surface area contributed by atoms with E-state index in [1.165, 1.54) is 28.8 Å². The molecule has 11 heteroatoms. The third kappa shape index (κ3) is 8.18. The lowest BCUT2D eigenvalue weighted by Gasteiger charge is -2.33. The molecule has 3 rings (SSSR count). The molecule has 0 saturated carbocycles. The number of carbonyl (C=O) groups is 2. The number of halogens is 1. The maximum absolute atomic E-state index is 14.1. The molecule has 0 spiro atoms. The lowest BCUT2D eigenvalue weighted by atomic mass is 10.1. The number of benzene rings is 3. The van der Waals surface area contributed by atoms with E-state index in [0.29, 0.717) is 22.9 Å². The van der Waals surface area contributed by atoms with Gasteiger partial charge in [-0.25, -0.2) is 8.42 Å². The first-order valence-electron chi connectivity index (χ1n) is 13.2. The van der Waals surface area contributed by atoms with E-state index < -0.39 is 28.5 Å². The van der Waals surface area contributed by atoms with E-state index in [-0.39, 0.29) is 29.1 Å². The van der Waals surface area contributed by atoms with Crippen molar-refractivity contribution in [2.24, 2.45) is 0 Å². The molecule has 0 fully saturated rings. The number of nitrogens with one attached hydrogen (secondary N) is 1. The standard InChI is InChI=1S/C30H36ClN3O5S2/c1-6-39-28-14-10-9-13-27(28)34(41(37,38)25-17-15-24(40-5)16-18-25)20-29(35)33(22(4)30(36)32-21(2)3)19-23-11-7-8-12-26(23)31/h7-18,21-22H,6,19-20H2,1-5H3,(H,32,36). The van der Waals surface area contributed by atoms with Crippen LogP contribution in [0.5, 0.6) is 5.75 Å². The van der Waals surface area contributed by atoms with Gasteiger partial charge in [0.25, 0.3) is 10.0 Å². The van der Waals surface area contributed by atoms with E-state index in [1.807, 2.05) is 20.1 Å². The van der Waals surface area contributed by atoms with Gasteiger partial charge in [0.1, 0.15) is 18.3 Å². The summed E-state index contributed by atoms with van der Waals surface area (Å²) in [5.74, 6) is -0.625. The maximum atomic E-state index is 14.1. The molecule has 2 amide bonds. The summed E-state index contributed by atoms with van der Waals surface area (Å²) in [5, 5.41) is 3.27. The summed E-state index contributed by atoms with van der Waals surface area (Å²) in [5.41, 5.74) is 0.845. The lowest BCUT2D eigenvalue weighted by Crippen LogP contribution is -2.52. The highest BCUT2D eigenvalue weighted by Gasteiger charge is 2.34. The first-order chi connectivity index (χ1) is 19.5. The Bertz CT molecular complexity index is 1450. The summed E-state index contributed by atoms with van der Waals surface area (Å²) in [6.07, 6.45) is 1.90. The SMILES string of the molecule is CCOc1ccccc1N(CC(=O)N(Cc1ccccc1Cl)C(C)C(=O)NC(C)C)S(=O)(=O)c1ccc(SC)cc1. The van der Waals surface area contributed by atoms with Gasteiger partial charge in [0, 0.05) is 22.5 Å². The number of hydrogen-bond acceptors (Lipinski definition) is 6. The number of hydrogen-bond donors (Lipinski definition) is 1. The quantitative estimate of drug-likeness (QED) is 0.251. The Balaban J connectivity index is 2.10. The minimum absolute atomic E-state index is 0.00853. The Kier molecular flexibility index (Phi) is 11.5. The molecule has 0 bridgehead atoms. The molecule has 8 nitrogen and oxygen atoms in total. The van der Waals surface area contributed by atoms with Gasteiger partial charge in [-0.05, 0) is 82.0 Å². The van der Waals surface area contributed by atoms with Crippen LogP contribution < -0.4 is 14.4 Å². The van der Waals surface area contributed by atoms with Crippen LogP contribution in [0.3, 0.4) is 0 Å². The minimum atomic E-state index is -4.22. The molecule has 220 valence electrons. The van der Waals surface area contributed by atoms with Crippen LogP contribution in [0.25, 0.3) is 0 Å². The van der Waals surface area contributed by atoms with Crippen molar-refractivity contribution in [1.82, 2.24) is 10.2 Å². The van der Waals surface area contributed by atoms with E-state index in [1.54, 1.807) is 74.5 Å². The van der Waals surface area contributed by atoms with Gasteiger partial charge in [0.05, 0.1) is 17.2 Å². The molecule has 1 atom stereocenters. The monoisotopic (exact) mass is 617 g/mol. The van der Waals surface area contributed by atoms with Gasteiger partial charge < -0.3 is 15.0 Å². The molecule has 0 radical (unpaired) electrons. The number of sulfonamides is 1. The number of rotatable bonds is 13. The first kappa shape index (κ1) is 32.3. The van der Waals surface area contributed by atoms with Gasteiger partial charge >= 0.3 is 0 Å². The smallest absolute Gasteiger partial charge is 0.264 e. The van der Waals surface area contributed by atoms with Crippen molar-refractivity contribution in [1.29, 1.82) is 0 Å². The number of para-hydroxylation sites is 2. The summed E-state index contributed by atoms with van der Waals surface area (Å²) >= 11 is 7.90. The van der Waals surface area contributed by atoms with Gasteiger partial charge in [-0.2, -0.15) is 0 Å². The van der Waals surface area contributed by atoms with E-state index in [0.717, 1.165) is 9.20 Å². The second-order valence-corrected chi connectivity index (χ2v) is 12.7. The Morgan fingerprint density at radius 1 is 0.976 bits per heavy atom. The van der Waals surface area contributed by atoms with Crippen molar-refractivity contribution < 1.29 is 22.7 Å². The largest absolute Gasteiger partial charge is 0.492 e. The fourth-order valence-corrected chi connectivity index (χ4v) is 6.16. The van der Waals surface area contributed by atoms with Crippen LogP contribution in [0, 0.1) is 0 Å². The molecule has 0 heterocycles. The van der Waals surface area contributed by atoms with Crippen molar-refractivity contribution in [3.63, 3.8) is 0 Å². The Morgan fingerprint density at radius 2 is 1.61 bits per heavy atom. The molecular weight excluding hydrogens is 582 g/mol. The summed E-state index contributed by atoms with van der Waals surface area (Å²) in [6, 6.07) is 19.1. The molecule has 1 unspecified atom stereocenters. The maximum Gasteiger partial charge on any atom is 0.264 e. The van der Waals surface area contributed by atoms with Gasteiger partial charge in [-0.15, -0.1) is 11.8 Å². The highest BCUT2D eigenvalue weighted by molar-refractivity contribution is 7.98. The van der Waals surface area contributed by atoms with Crippen LogP contribution in [0.15, 0.2) is 82.6 Å². The molecular formula is C30H36ClN3O5S2. The number of nitrogens with zero attached hydrogens (tertiary/aromatic N) is 2. The number of anilines is 1. The summed E-state index contributed by atoms with van der Waals surface area (Å²) in [6.45, 7) is 6.79. The Hall–Kier alpha value is -3.21. The molecule has 0 aromatic heterocycles. The third-order valence-corrected chi connectivity index (χ3v) is 9.14. The first-order valence-corrected chi connectivity index (χ1v) is 16.3. The van der Waals surface area contributed by atoms with Crippen LogP contribution in [0.2, 0.25) is 5.02 Å². The lowest BCUT2D eigenvalue weighted by molar-refractivity contribution is -0.139. The molecule has 3 aromatic rings. The van der Waals surface area contributed by atoms with E-state index >= 15 is 0 Å². The Morgan fingerprint density at radius 3 is 2.22 bits per heavy atom. The van der Waals surface area contributed by atoms with Crippen molar-refractivity contribution in [2.75, 3.05) is 23.7 Å². The Labute approximate surface area is 252 Å². The second kappa shape index (κ2) is 14.6. The number of amides is 2. The van der Waals surface area contributed by atoms with Crippen LogP contribution in [-0.2, 0) is 26.2 Å². The van der Waals surface area contributed by atoms with E-state index in [9.17, 15) is 18.0 Å². The second-order valence-electron chi connectivity index (χ2n) is 9.54. The van der Waals surface area contributed by atoms with Crippen molar-refractivity contribution in [2.45, 2.75) is 56.1 Å². The number of carbonyl (C=O) groups excluding carboxylic acids is 2. The van der Waals surface area contributed by atoms with Crippen LogP contribution in [-0.4, -0.2) is 56.6 Å².